The number of nitrogens with two attached hydrogens (primary N) is 1. The van der Waals surface area contributed by atoms with Gasteiger partial charge in [-0.3, -0.25) is 10.3 Å². The third-order valence-corrected chi connectivity index (χ3v) is 7.94. The lowest BCUT2D eigenvalue weighted by atomic mass is 9.82. The van der Waals surface area contributed by atoms with E-state index in [-0.39, 0.29) is 17.2 Å². The number of amides is 1. The number of hydrogen-bond acceptors (Lipinski definition) is 6. The summed E-state index contributed by atoms with van der Waals surface area (Å²) in [4.78, 5) is 16.9. The molecule has 154 valence electrons. The second-order valence-electron chi connectivity index (χ2n) is 8.71. The Morgan fingerprint density at radius 3 is 2.50 bits per heavy atom. The van der Waals surface area contributed by atoms with Gasteiger partial charge < -0.3 is 10.5 Å². The lowest BCUT2D eigenvalue weighted by Gasteiger charge is -2.47. The van der Waals surface area contributed by atoms with Crippen LogP contribution in [0.15, 0.2) is 23.2 Å². The Balaban J connectivity index is 2.10. The molecule has 0 bridgehead atoms. The summed E-state index contributed by atoms with van der Waals surface area (Å²) in [5, 5.41) is 2.54. The van der Waals surface area contributed by atoms with E-state index in [0.717, 1.165) is 0 Å². The van der Waals surface area contributed by atoms with E-state index < -0.39 is 37.6 Å². The van der Waals surface area contributed by atoms with E-state index in [2.05, 4.69) is 10.3 Å². The first kappa shape index (κ1) is 20.6. The molecule has 1 aromatic carbocycles. The summed E-state index contributed by atoms with van der Waals surface area (Å²) in [6.45, 7) is 6.65. The van der Waals surface area contributed by atoms with Gasteiger partial charge in [0.15, 0.2) is 9.84 Å². The Bertz CT molecular complexity index is 948. The van der Waals surface area contributed by atoms with E-state index in [1.165, 1.54) is 25.1 Å². The number of nitrogen functional groups attached to an aromatic ring is 1. The average molecular weight is 411 g/mol. The zero-order valence-electron chi connectivity index (χ0n) is 16.5. The number of benzene rings is 1. The normalized spacial score (nSPS) is 25.5. The van der Waals surface area contributed by atoms with Crippen molar-refractivity contribution in [1.29, 1.82) is 0 Å². The Hall–Kier alpha value is -2.16. The van der Waals surface area contributed by atoms with Crippen LogP contribution in [0.1, 0.15) is 52.5 Å². The van der Waals surface area contributed by atoms with Gasteiger partial charge in [-0.1, -0.05) is 0 Å². The van der Waals surface area contributed by atoms with Gasteiger partial charge in [0.2, 0.25) is 0 Å². The molecule has 1 spiro atoms. The molecular formula is C19H26FN3O4S. The predicted molar refractivity (Wildman–Crippen MR) is 105 cm³/mol. The van der Waals surface area contributed by atoms with E-state index in [1.54, 1.807) is 20.8 Å². The topological polar surface area (TPSA) is 111 Å². The van der Waals surface area contributed by atoms with Crippen molar-refractivity contribution in [2.24, 2.45) is 4.99 Å². The number of nitrogens with zero attached hydrogens (tertiary/aromatic N) is 1. The number of carbonyl (C=O) groups is 1. The van der Waals surface area contributed by atoms with Crippen molar-refractivity contribution in [3.05, 3.63) is 29.6 Å². The molecule has 28 heavy (non-hydrogen) atoms. The maximum atomic E-state index is 14.5. The number of alkyl carbamates (subject to hydrolysis) is 1. The van der Waals surface area contributed by atoms with Gasteiger partial charge in [-0.2, -0.15) is 0 Å². The molecular weight excluding hydrogens is 385 g/mol. The van der Waals surface area contributed by atoms with Crippen LogP contribution in [0.4, 0.5) is 14.9 Å². The monoisotopic (exact) mass is 411 g/mol. The molecule has 9 heteroatoms. The molecule has 3 N–H and O–H groups in total. The molecule has 1 atom stereocenters. The fraction of sp³-hybridized carbons (Fsp3) is 0.579. The largest absolute Gasteiger partial charge is 0.444 e. The Kier molecular flexibility index (Phi) is 4.73. The summed E-state index contributed by atoms with van der Waals surface area (Å²) < 4.78 is 45.0. The van der Waals surface area contributed by atoms with Crippen LogP contribution < -0.4 is 11.1 Å². The molecule has 1 fully saturated rings. The maximum Gasteiger partial charge on any atom is 0.413 e. The minimum Gasteiger partial charge on any atom is -0.444 e. The number of sulfone groups is 1. The minimum absolute atomic E-state index is 0.0172. The first-order chi connectivity index (χ1) is 12.8. The zero-order valence-corrected chi connectivity index (χ0v) is 17.3. The van der Waals surface area contributed by atoms with E-state index in [9.17, 15) is 17.6 Å². The van der Waals surface area contributed by atoms with Crippen molar-refractivity contribution in [3.8, 4) is 0 Å². The third kappa shape index (κ3) is 3.47. The fourth-order valence-electron chi connectivity index (χ4n) is 3.72. The summed E-state index contributed by atoms with van der Waals surface area (Å²) in [6, 6.07) is 3.97. The van der Waals surface area contributed by atoms with Crippen molar-refractivity contribution in [2.75, 3.05) is 11.5 Å². The molecule has 0 radical (unpaired) electrons. The standard InChI is InChI=1S/C19H26FN3O4S/c1-17(2,3)27-16(24)22-15-19(8-5-9-19)28(25,26)11-18(4,23-15)13-10-12(21)6-7-14(13)20/h6-7,10H,5,8-9,11,21H2,1-4H3,(H,22,23,24)/t18-/m0/s1. The first-order valence-corrected chi connectivity index (χ1v) is 10.8. The summed E-state index contributed by atoms with van der Waals surface area (Å²) in [5.74, 6) is -0.944. The summed E-state index contributed by atoms with van der Waals surface area (Å²) in [7, 11) is -3.72. The average Bonchev–Trinajstić information content (AvgIpc) is 2.44. The Morgan fingerprint density at radius 1 is 1.32 bits per heavy atom. The van der Waals surface area contributed by atoms with Gasteiger partial charge in [-0.25, -0.2) is 17.6 Å². The second kappa shape index (κ2) is 6.43. The van der Waals surface area contributed by atoms with Gasteiger partial charge >= 0.3 is 6.09 Å². The Morgan fingerprint density at radius 2 is 1.96 bits per heavy atom. The van der Waals surface area contributed by atoms with E-state index >= 15 is 0 Å². The van der Waals surface area contributed by atoms with Crippen LogP contribution in [0.25, 0.3) is 0 Å². The molecule has 1 saturated carbocycles. The number of nitrogens with one attached hydrogen (secondary N) is 1. The van der Waals surface area contributed by atoms with Gasteiger partial charge in [0.05, 0.1) is 5.75 Å². The Labute approximate surface area is 164 Å². The highest BCUT2D eigenvalue weighted by molar-refractivity contribution is 7.93. The lowest BCUT2D eigenvalue weighted by molar-refractivity contribution is 0.0559. The summed E-state index contributed by atoms with van der Waals surface area (Å²) in [6.07, 6.45) is 0.640. The molecule has 0 aromatic heterocycles. The van der Waals surface area contributed by atoms with Crippen LogP contribution in [-0.4, -0.2) is 36.4 Å². The van der Waals surface area contributed by atoms with Gasteiger partial charge in [0.25, 0.3) is 0 Å². The molecule has 0 unspecified atom stereocenters. The quantitative estimate of drug-likeness (QED) is 0.690. The fourth-order valence-corrected chi connectivity index (χ4v) is 6.26. The lowest BCUT2D eigenvalue weighted by Crippen LogP contribution is -2.64. The highest BCUT2D eigenvalue weighted by Gasteiger charge is 2.59. The summed E-state index contributed by atoms with van der Waals surface area (Å²) >= 11 is 0. The van der Waals surface area contributed by atoms with E-state index in [0.29, 0.717) is 24.9 Å². The molecule has 1 amide bonds. The number of halogens is 1. The number of carbonyl (C=O) groups excluding carboxylic acids is 1. The molecule has 3 rings (SSSR count). The molecule has 1 aromatic rings. The maximum absolute atomic E-state index is 14.5. The van der Waals surface area contributed by atoms with E-state index in [1.807, 2.05) is 0 Å². The third-order valence-electron chi connectivity index (χ3n) is 5.21. The smallest absolute Gasteiger partial charge is 0.413 e. The van der Waals surface area contributed by atoms with Gasteiger partial charge in [-0.15, -0.1) is 0 Å². The molecule has 2 aliphatic rings. The van der Waals surface area contributed by atoms with E-state index in [4.69, 9.17) is 10.5 Å². The molecule has 1 heterocycles. The van der Waals surface area contributed by atoms with Crippen molar-refractivity contribution < 1.29 is 22.3 Å². The number of anilines is 1. The number of rotatable bonds is 1. The minimum atomic E-state index is -3.72. The van der Waals surface area contributed by atoms with Crippen molar-refractivity contribution in [1.82, 2.24) is 5.32 Å². The molecule has 1 aliphatic heterocycles. The number of amidine groups is 1. The van der Waals surface area contributed by atoms with Crippen molar-refractivity contribution >= 4 is 27.5 Å². The zero-order chi connectivity index (χ0) is 21.0. The highest BCUT2D eigenvalue weighted by atomic mass is 32.2. The molecule has 7 nitrogen and oxygen atoms in total. The molecule has 1 aliphatic carbocycles. The number of hydrogen-bond donors (Lipinski definition) is 2. The highest BCUT2D eigenvalue weighted by Crippen LogP contribution is 2.47. The van der Waals surface area contributed by atoms with Crippen LogP contribution in [0.5, 0.6) is 0 Å². The van der Waals surface area contributed by atoms with Crippen molar-refractivity contribution in [3.63, 3.8) is 0 Å². The predicted octanol–water partition coefficient (Wildman–Crippen LogP) is 2.90. The van der Waals surface area contributed by atoms with Crippen LogP contribution in [0.3, 0.4) is 0 Å². The van der Waals surface area contributed by atoms with Crippen LogP contribution >= 0.6 is 0 Å². The van der Waals surface area contributed by atoms with Crippen molar-refractivity contribution in [2.45, 2.75) is 62.8 Å². The number of ether oxygens (including phenoxy) is 1. The van der Waals surface area contributed by atoms with Crippen LogP contribution in [-0.2, 0) is 20.1 Å². The first-order valence-electron chi connectivity index (χ1n) is 9.16. The van der Waals surface area contributed by atoms with Gasteiger partial charge in [0, 0.05) is 11.3 Å². The SMILES string of the molecule is CC(C)(C)OC(=O)NC1=N[C@](C)(c2cc(N)ccc2F)CS(=O)(=O)C12CCC2. The van der Waals surface area contributed by atoms with Gasteiger partial charge in [0.1, 0.15) is 27.5 Å². The number of aliphatic imine (C=N–C) groups is 1. The van der Waals surface area contributed by atoms with Crippen LogP contribution in [0.2, 0.25) is 0 Å². The molecule has 0 saturated heterocycles. The van der Waals surface area contributed by atoms with Crippen LogP contribution in [0, 0.1) is 5.82 Å². The van der Waals surface area contributed by atoms with Gasteiger partial charge in [-0.05, 0) is 65.2 Å². The summed E-state index contributed by atoms with van der Waals surface area (Å²) in [5.41, 5.74) is 3.99. The second-order valence-corrected chi connectivity index (χ2v) is 11.0.